The Hall–Kier alpha value is -5.86. The fourth-order valence-electron chi connectivity index (χ4n) is 11.6. The number of likely N-dealkylation sites (N-methyl/N-ethyl adjacent to an activating group) is 7. The highest BCUT2D eigenvalue weighted by atomic mass is 32.2. The number of thioether (sulfide) groups is 1. The number of hydrogen-bond acceptors (Lipinski definition) is 15. The number of hydrogen-bond donors (Lipinski definition) is 6. The number of nitrogens with zero attached hydrogens (tertiary/aromatic N) is 7. The smallest absolute Gasteiger partial charge is 0.246 e. The third-order valence-corrected chi connectivity index (χ3v) is 18.7. The average molecular weight is 1350 g/mol. The van der Waals surface area contributed by atoms with E-state index < -0.39 is 161 Å². The van der Waals surface area contributed by atoms with E-state index in [1.54, 1.807) is 67.7 Å². The summed E-state index contributed by atoms with van der Waals surface area (Å²) in [6.07, 6.45) is 3.40. The van der Waals surface area contributed by atoms with E-state index in [2.05, 4.69) is 21.3 Å². The zero-order valence-electron chi connectivity index (χ0n) is 61.7. The number of allylic oxidation sites excluding steroid dienone is 2. The van der Waals surface area contributed by atoms with E-state index in [1.807, 2.05) is 41.5 Å². The minimum absolute atomic E-state index is 0.00700. The van der Waals surface area contributed by atoms with E-state index in [1.165, 1.54) is 113 Å². The minimum atomic E-state index is -1.66. The van der Waals surface area contributed by atoms with Gasteiger partial charge in [0.25, 0.3) is 0 Å². The van der Waals surface area contributed by atoms with Gasteiger partial charge < -0.3 is 70.5 Å². The normalized spacial score (nSPS) is 26.4. The maximum atomic E-state index is 15.3. The van der Waals surface area contributed by atoms with Crippen LogP contribution in [0.2, 0.25) is 0 Å². The van der Waals surface area contributed by atoms with E-state index in [0.717, 1.165) is 9.80 Å². The molecule has 0 saturated carbocycles. The first kappa shape index (κ1) is 86.2. The summed E-state index contributed by atoms with van der Waals surface area (Å²) in [5.74, 6) is -9.60. The molecule has 0 aromatic heterocycles. The lowest BCUT2D eigenvalue weighted by molar-refractivity contribution is -0.157. The fraction of sp³-hybridized carbons (Fsp3) is 0.809. The molecule has 0 unspecified atom stereocenters. The zero-order valence-corrected chi connectivity index (χ0v) is 62.5. The number of ether oxygens (including phenoxy) is 1. The predicted molar refractivity (Wildman–Crippen MR) is 367 cm³/mol. The van der Waals surface area contributed by atoms with Gasteiger partial charge in [0.15, 0.2) is 0 Å². The van der Waals surface area contributed by atoms with Crippen LogP contribution in [0.5, 0.6) is 0 Å². The molecule has 1 aliphatic heterocycles. The van der Waals surface area contributed by atoms with Gasteiger partial charge in [0, 0.05) is 75.2 Å². The molecule has 0 radical (unpaired) electrons. The van der Waals surface area contributed by atoms with Gasteiger partial charge in [-0.05, 0) is 121 Å². The van der Waals surface area contributed by atoms with Crippen LogP contribution in [-0.2, 0) is 57.5 Å². The molecular formula is C68H123N11O14S. The van der Waals surface area contributed by atoms with Crippen LogP contribution >= 0.6 is 11.8 Å². The van der Waals surface area contributed by atoms with Crippen molar-refractivity contribution >= 4 is 76.7 Å². The summed E-state index contributed by atoms with van der Waals surface area (Å²) in [6.45, 7) is 29.5. The molecule has 1 heterocycles. The van der Waals surface area contributed by atoms with Crippen LogP contribution in [0.1, 0.15) is 169 Å². The average Bonchev–Trinajstić information content (AvgIpc) is 0.811. The molecule has 6 N–H and O–H groups in total. The van der Waals surface area contributed by atoms with Gasteiger partial charge in [-0.15, -0.1) is 0 Å². The summed E-state index contributed by atoms with van der Waals surface area (Å²) >= 11 is 1.34. The van der Waals surface area contributed by atoms with Gasteiger partial charge in [-0.25, -0.2) is 0 Å². The summed E-state index contributed by atoms with van der Waals surface area (Å²) in [4.78, 5) is 172. The van der Waals surface area contributed by atoms with Gasteiger partial charge in [-0.3, -0.25) is 52.7 Å². The van der Waals surface area contributed by atoms with E-state index >= 15 is 28.8 Å². The number of carbonyl (C=O) groups is 11. The third-order valence-electron chi connectivity index (χ3n) is 17.6. The first-order valence-electron chi connectivity index (χ1n) is 33.6. The van der Waals surface area contributed by atoms with E-state index in [9.17, 15) is 34.2 Å². The quantitative estimate of drug-likeness (QED) is 0.0662. The molecule has 1 aliphatic rings. The molecule has 0 aromatic carbocycles. The van der Waals surface area contributed by atoms with Crippen molar-refractivity contribution in [3.05, 3.63) is 12.2 Å². The zero-order chi connectivity index (χ0) is 72.7. The standard InChI is InChI=1S/C68H123N11O14S/c1-26-28-30-44(13)56(80)55-60(84)71-47(27-2)62(86)77(22)52(38-94-34-29-33-93-25)65(89)76(21)51(37-68(16,17)92)59(83)72-53(42(9)10)66(90)73(18)48(32-31-39(3)4)58(82)69-45(14)57(81)70-46(15)61(85)74(19)49(35-40(5)6)63(87)75(20)50(36-41(7)8)64(88)78(23)54(43(11)12)67(91)79(55)24/h26,28,39-56,80,92H,27,29-38H2,1-25H3,(H,69,82)(H,70,81)(H,71,84)(H,72,83)/b28-26+/t44-,45-,46+,47+,48-,49-,50+,51+,52-,53-,54+,55+,56-/m1/s1. The van der Waals surface area contributed by atoms with Crippen molar-refractivity contribution in [3.63, 3.8) is 0 Å². The maximum Gasteiger partial charge on any atom is 0.246 e. The predicted octanol–water partition coefficient (Wildman–Crippen LogP) is 3.91. The Labute approximate surface area is 567 Å². The Kier molecular flexibility index (Phi) is 36.7. The first-order chi connectivity index (χ1) is 43.5. The lowest BCUT2D eigenvalue weighted by atomic mass is 9.91. The molecular weight excluding hydrogens is 1230 g/mol. The van der Waals surface area contributed by atoms with Crippen LogP contribution in [0.25, 0.3) is 0 Å². The van der Waals surface area contributed by atoms with Gasteiger partial charge in [-0.1, -0.05) is 95.2 Å². The van der Waals surface area contributed by atoms with Crippen LogP contribution in [0.3, 0.4) is 0 Å². The van der Waals surface area contributed by atoms with Crippen molar-refractivity contribution in [2.75, 3.05) is 74.6 Å². The number of aliphatic hydroxyl groups excluding tert-OH is 1. The number of amides is 11. The highest BCUT2D eigenvalue weighted by Gasteiger charge is 2.47. The Morgan fingerprint density at radius 1 is 0.543 bits per heavy atom. The molecule has 25 nitrogen and oxygen atoms in total. The molecule has 0 bridgehead atoms. The van der Waals surface area contributed by atoms with Crippen LogP contribution in [0.15, 0.2) is 12.2 Å². The molecule has 1 rings (SSSR count). The van der Waals surface area contributed by atoms with Crippen molar-refractivity contribution < 1.29 is 67.7 Å². The summed E-state index contributed by atoms with van der Waals surface area (Å²) in [5, 5.41) is 34.7. The fourth-order valence-corrected chi connectivity index (χ4v) is 12.7. The molecule has 540 valence electrons. The Morgan fingerprint density at radius 2 is 1.01 bits per heavy atom. The van der Waals surface area contributed by atoms with E-state index in [-0.39, 0.29) is 62.0 Å². The third kappa shape index (κ3) is 25.3. The van der Waals surface area contributed by atoms with E-state index in [4.69, 9.17) is 4.74 Å². The number of methoxy groups -OCH3 is 1. The summed E-state index contributed by atoms with van der Waals surface area (Å²) in [5.41, 5.74) is -1.59. The lowest BCUT2D eigenvalue weighted by Crippen LogP contribution is -2.64. The second-order valence-corrected chi connectivity index (χ2v) is 29.6. The number of carbonyl (C=O) groups excluding carboxylic acids is 11. The molecule has 11 amide bonds. The SMILES string of the molecule is C/C=C/C[C@@H](C)[C@@H](O)[C@H]1C(=O)N[C@@H](CC)C(=O)N(C)[C@H](CSCCCOC)C(=O)N(C)[C@@H](CC(C)(C)O)C(=O)N[C@H](C(C)C)C(=O)N(C)[C@H](CCC(C)C)C(=O)N[C@H](C)C(=O)N[C@@H](C)C(=O)N(C)[C@H](CC(C)C)C(=O)N(C)[C@@H](CC(C)C)C(=O)N(C)[C@@H](C(C)C)C(=O)N1C. The maximum absolute atomic E-state index is 15.3. The minimum Gasteiger partial charge on any atom is -0.390 e. The van der Waals surface area contributed by atoms with E-state index in [0.29, 0.717) is 25.2 Å². The van der Waals surface area contributed by atoms with Crippen molar-refractivity contribution in [1.29, 1.82) is 0 Å². The largest absolute Gasteiger partial charge is 0.390 e. The van der Waals surface area contributed by atoms with Crippen molar-refractivity contribution in [1.82, 2.24) is 55.6 Å². The molecule has 0 spiro atoms. The molecule has 0 aliphatic carbocycles. The Morgan fingerprint density at radius 3 is 1.49 bits per heavy atom. The summed E-state index contributed by atoms with van der Waals surface area (Å²) in [7, 11) is 11.4. The number of rotatable bonds is 22. The van der Waals surface area contributed by atoms with Gasteiger partial charge in [0.1, 0.15) is 66.5 Å². The highest BCUT2D eigenvalue weighted by Crippen LogP contribution is 2.27. The number of aliphatic hydroxyl groups is 2. The topological polar surface area (TPSA) is 308 Å². The molecule has 0 aromatic rings. The van der Waals surface area contributed by atoms with Crippen molar-refractivity contribution in [3.8, 4) is 0 Å². The second kappa shape index (κ2) is 40.0. The first-order valence-corrected chi connectivity index (χ1v) is 34.8. The lowest BCUT2D eigenvalue weighted by Gasteiger charge is -2.41. The summed E-state index contributed by atoms with van der Waals surface area (Å²) in [6, 6.07) is -14.4. The molecule has 13 atom stereocenters. The highest BCUT2D eigenvalue weighted by molar-refractivity contribution is 7.99. The molecule has 94 heavy (non-hydrogen) atoms. The Balaban J connectivity index is 4.57. The van der Waals surface area contributed by atoms with Gasteiger partial charge in [0.05, 0.1) is 11.7 Å². The van der Waals surface area contributed by atoms with Gasteiger partial charge >= 0.3 is 0 Å². The summed E-state index contributed by atoms with van der Waals surface area (Å²) < 4.78 is 5.27. The molecule has 1 saturated heterocycles. The monoisotopic (exact) mass is 1350 g/mol. The van der Waals surface area contributed by atoms with Crippen LogP contribution < -0.4 is 21.3 Å². The van der Waals surface area contributed by atoms with Gasteiger partial charge in [-0.2, -0.15) is 11.8 Å². The van der Waals surface area contributed by atoms with Crippen LogP contribution in [-0.4, -0.2) is 262 Å². The molecule has 1 fully saturated rings. The van der Waals surface area contributed by atoms with Crippen molar-refractivity contribution in [2.24, 2.45) is 35.5 Å². The number of nitrogens with one attached hydrogen (secondary N) is 4. The van der Waals surface area contributed by atoms with Crippen LogP contribution in [0.4, 0.5) is 0 Å². The van der Waals surface area contributed by atoms with Crippen molar-refractivity contribution in [2.45, 2.75) is 247 Å². The second-order valence-electron chi connectivity index (χ2n) is 28.5. The van der Waals surface area contributed by atoms with Gasteiger partial charge in [0.2, 0.25) is 65.0 Å². The Bertz CT molecular complexity index is 2540. The molecule has 26 heteroatoms. The van der Waals surface area contributed by atoms with Crippen LogP contribution in [0, 0.1) is 35.5 Å².